The molecule has 0 aliphatic heterocycles. The second kappa shape index (κ2) is 6.07. The Morgan fingerprint density at radius 2 is 2.17 bits per heavy atom. The molecule has 2 nitrogen and oxygen atoms in total. The van der Waals surface area contributed by atoms with E-state index in [1.54, 1.807) is 6.07 Å². The van der Waals surface area contributed by atoms with Crippen LogP contribution >= 0.6 is 0 Å². The van der Waals surface area contributed by atoms with E-state index in [2.05, 4.69) is 12.2 Å². The van der Waals surface area contributed by atoms with E-state index in [9.17, 15) is 4.39 Å². The molecule has 2 rings (SSSR count). The van der Waals surface area contributed by atoms with Crippen molar-refractivity contribution in [1.82, 2.24) is 0 Å². The Morgan fingerprint density at radius 1 is 1.33 bits per heavy atom. The smallest absolute Gasteiger partial charge is 0.167 e. The number of ether oxygens (including phenoxy) is 1. The lowest BCUT2D eigenvalue weighted by Gasteiger charge is -2.21. The van der Waals surface area contributed by atoms with Crippen molar-refractivity contribution in [3.8, 4) is 5.75 Å². The SMILES string of the molecule is CCOc1ccc(NC2CCCC2CC)cc1F. The van der Waals surface area contributed by atoms with Crippen molar-refractivity contribution in [3.63, 3.8) is 0 Å². The van der Waals surface area contributed by atoms with Crippen molar-refractivity contribution in [2.45, 2.75) is 45.6 Å². The zero-order chi connectivity index (χ0) is 13.0. The monoisotopic (exact) mass is 251 g/mol. The molecule has 1 aliphatic rings. The molecule has 2 unspecified atom stereocenters. The van der Waals surface area contributed by atoms with Crippen LogP contribution in [0.5, 0.6) is 5.75 Å². The van der Waals surface area contributed by atoms with Gasteiger partial charge in [-0.05, 0) is 37.8 Å². The van der Waals surface area contributed by atoms with Gasteiger partial charge in [-0.1, -0.05) is 19.8 Å². The first-order valence-electron chi connectivity index (χ1n) is 6.93. The number of hydrogen-bond acceptors (Lipinski definition) is 2. The Hall–Kier alpha value is -1.25. The summed E-state index contributed by atoms with van der Waals surface area (Å²) in [6.45, 7) is 4.57. The van der Waals surface area contributed by atoms with Crippen molar-refractivity contribution >= 4 is 5.69 Å². The third-order valence-electron chi connectivity index (χ3n) is 3.77. The van der Waals surface area contributed by atoms with Crippen LogP contribution in [-0.4, -0.2) is 12.6 Å². The van der Waals surface area contributed by atoms with Crippen LogP contribution in [0.3, 0.4) is 0 Å². The van der Waals surface area contributed by atoms with Crippen molar-refractivity contribution in [3.05, 3.63) is 24.0 Å². The van der Waals surface area contributed by atoms with Gasteiger partial charge in [-0.2, -0.15) is 0 Å². The van der Waals surface area contributed by atoms with Crippen LogP contribution in [0.15, 0.2) is 18.2 Å². The van der Waals surface area contributed by atoms with E-state index in [1.165, 1.54) is 31.7 Å². The Labute approximate surface area is 109 Å². The van der Waals surface area contributed by atoms with E-state index < -0.39 is 0 Å². The Balaban J connectivity index is 2.03. The molecule has 0 aromatic heterocycles. The van der Waals surface area contributed by atoms with Gasteiger partial charge in [-0.3, -0.25) is 0 Å². The first kappa shape index (κ1) is 13.2. The lowest BCUT2D eigenvalue weighted by molar-refractivity contribution is 0.321. The second-order valence-corrected chi connectivity index (χ2v) is 4.93. The van der Waals surface area contributed by atoms with Gasteiger partial charge in [-0.25, -0.2) is 4.39 Å². The van der Waals surface area contributed by atoms with Crippen molar-refractivity contribution in [1.29, 1.82) is 0 Å². The van der Waals surface area contributed by atoms with Crippen molar-refractivity contribution in [2.24, 2.45) is 5.92 Å². The zero-order valence-corrected chi connectivity index (χ0v) is 11.2. The summed E-state index contributed by atoms with van der Waals surface area (Å²) in [5.41, 5.74) is 0.862. The molecule has 3 heteroatoms. The topological polar surface area (TPSA) is 21.3 Å². The van der Waals surface area contributed by atoms with E-state index in [0.717, 1.165) is 11.6 Å². The highest BCUT2D eigenvalue weighted by atomic mass is 19.1. The van der Waals surface area contributed by atoms with Crippen LogP contribution in [0, 0.1) is 11.7 Å². The summed E-state index contributed by atoms with van der Waals surface area (Å²) in [4.78, 5) is 0. The molecule has 1 aliphatic carbocycles. The second-order valence-electron chi connectivity index (χ2n) is 4.93. The molecule has 1 aromatic carbocycles. The fraction of sp³-hybridized carbons (Fsp3) is 0.600. The molecular formula is C15H22FNO. The van der Waals surface area contributed by atoms with Crippen LogP contribution in [0.2, 0.25) is 0 Å². The first-order chi connectivity index (χ1) is 8.74. The molecule has 1 aromatic rings. The van der Waals surface area contributed by atoms with Crippen LogP contribution < -0.4 is 10.1 Å². The van der Waals surface area contributed by atoms with Crippen LogP contribution in [0.25, 0.3) is 0 Å². The molecule has 1 N–H and O–H groups in total. The summed E-state index contributed by atoms with van der Waals surface area (Å²) in [5, 5.41) is 3.46. The summed E-state index contributed by atoms with van der Waals surface area (Å²) in [5.74, 6) is 0.772. The molecule has 0 bridgehead atoms. The van der Waals surface area contributed by atoms with Gasteiger partial charge in [0, 0.05) is 17.8 Å². The largest absolute Gasteiger partial charge is 0.491 e. The van der Waals surface area contributed by atoms with Crippen LogP contribution in [-0.2, 0) is 0 Å². The zero-order valence-electron chi connectivity index (χ0n) is 11.2. The number of benzene rings is 1. The molecule has 1 fully saturated rings. The lowest BCUT2D eigenvalue weighted by atomic mass is 10.0. The van der Waals surface area contributed by atoms with Gasteiger partial charge < -0.3 is 10.1 Å². The minimum absolute atomic E-state index is 0.284. The quantitative estimate of drug-likeness (QED) is 0.846. The van der Waals surface area contributed by atoms with Gasteiger partial charge in [0.05, 0.1) is 6.61 Å². The molecule has 18 heavy (non-hydrogen) atoms. The fourth-order valence-electron chi connectivity index (χ4n) is 2.79. The molecule has 0 spiro atoms. The minimum atomic E-state index is -0.284. The normalized spacial score (nSPS) is 23.1. The highest BCUT2D eigenvalue weighted by Crippen LogP contribution is 2.31. The van der Waals surface area contributed by atoms with Crippen LogP contribution in [0.4, 0.5) is 10.1 Å². The molecule has 0 saturated heterocycles. The van der Waals surface area contributed by atoms with Gasteiger partial charge in [0.1, 0.15) is 0 Å². The predicted molar refractivity (Wildman–Crippen MR) is 72.6 cm³/mol. The molecule has 1 saturated carbocycles. The van der Waals surface area contributed by atoms with Gasteiger partial charge in [0.2, 0.25) is 0 Å². The standard InChI is InChI=1S/C15H22FNO/c1-3-11-6-5-7-14(11)17-12-8-9-15(18-4-2)13(16)10-12/h8-11,14,17H,3-7H2,1-2H3. The predicted octanol–water partition coefficient (Wildman–Crippen LogP) is 4.22. The van der Waals surface area contributed by atoms with Crippen molar-refractivity contribution < 1.29 is 9.13 Å². The molecular weight excluding hydrogens is 229 g/mol. The maximum atomic E-state index is 13.7. The van der Waals surface area contributed by atoms with E-state index >= 15 is 0 Å². The summed E-state index contributed by atoms with van der Waals surface area (Å²) in [6, 6.07) is 5.64. The van der Waals surface area contributed by atoms with Gasteiger partial charge >= 0.3 is 0 Å². The Kier molecular flexibility index (Phi) is 4.45. The lowest BCUT2D eigenvalue weighted by Crippen LogP contribution is -2.23. The van der Waals surface area contributed by atoms with Gasteiger partial charge in [0.15, 0.2) is 11.6 Å². The summed E-state index contributed by atoms with van der Waals surface area (Å²) in [6.07, 6.45) is 4.94. The van der Waals surface area contributed by atoms with E-state index in [0.29, 0.717) is 18.4 Å². The molecule has 0 radical (unpaired) electrons. The van der Waals surface area contributed by atoms with Gasteiger partial charge in [-0.15, -0.1) is 0 Å². The molecule has 2 atom stereocenters. The minimum Gasteiger partial charge on any atom is -0.491 e. The average Bonchev–Trinajstić information content (AvgIpc) is 2.80. The third kappa shape index (κ3) is 2.95. The molecule has 0 heterocycles. The number of halogens is 1. The van der Waals surface area contributed by atoms with Crippen LogP contribution in [0.1, 0.15) is 39.5 Å². The number of rotatable bonds is 5. The maximum Gasteiger partial charge on any atom is 0.167 e. The highest BCUT2D eigenvalue weighted by molar-refractivity contribution is 5.48. The number of hydrogen-bond donors (Lipinski definition) is 1. The highest BCUT2D eigenvalue weighted by Gasteiger charge is 2.25. The first-order valence-corrected chi connectivity index (χ1v) is 6.93. The summed E-state index contributed by atoms with van der Waals surface area (Å²) < 4.78 is 18.9. The average molecular weight is 251 g/mol. The summed E-state index contributed by atoms with van der Waals surface area (Å²) in [7, 11) is 0. The van der Waals surface area contributed by atoms with E-state index in [-0.39, 0.29) is 5.82 Å². The Bertz CT molecular complexity index is 394. The fourth-order valence-corrected chi connectivity index (χ4v) is 2.79. The Morgan fingerprint density at radius 3 is 2.83 bits per heavy atom. The van der Waals surface area contributed by atoms with E-state index in [4.69, 9.17) is 4.74 Å². The number of nitrogens with one attached hydrogen (secondary N) is 1. The molecule has 100 valence electrons. The third-order valence-corrected chi connectivity index (χ3v) is 3.77. The summed E-state index contributed by atoms with van der Waals surface area (Å²) >= 11 is 0. The maximum absolute atomic E-state index is 13.7. The van der Waals surface area contributed by atoms with Gasteiger partial charge in [0.25, 0.3) is 0 Å². The van der Waals surface area contributed by atoms with Crippen molar-refractivity contribution in [2.75, 3.05) is 11.9 Å². The van der Waals surface area contributed by atoms with E-state index in [1.807, 2.05) is 13.0 Å². The number of anilines is 1. The molecule has 0 amide bonds.